The van der Waals surface area contributed by atoms with Gasteiger partial charge in [0, 0.05) is 39.8 Å². The number of nitrogens with one attached hydrogen (secondary N) is 2. The maximum absolute atomic E-state index is 5.40. The van der Waals surface area contributed by atoms with Crippen LogP contribution in [0.25, 0.3) is 0 Å². The highest BCUT2D eigenvalue weighted by molar-refractivity contribution is 14.0. The summed E-state index contributed by atoms with van der Waals surface area (Å²) < 4.78 is 15.6. The highest BCUT2D eigenvalue weighted by atomic mass is 127. The fraction of sp³-hybridized carbons (Fsp3) is 0.667. The minimum Gasteiger partial charge on any atom is -0.469 e. The van der Waals surface area contributed by atoms with Crippen molar-refractivity contribution >= 4 is 29.9 Å². The van der Waals surface area contributed by atoms with E-state index >= 15 is 0 Å². The molecule has 0 aliphatic heterocycles. The van der Waals surface area contributed by atoms with Crippen molar-refractivity contribution in [3.63, 3.8) is 0 Å². The van der Waals surface area contributed by atoms with Crippen LogP contribution >= 0.6 is 24.0 Å². The maximum atomic E-state index is 5.40. The monoisotopic (exact) mass is 425 g/mol. The molecule has 1 aromatic rings. The molecule has 0 aromatic carbocycles. The van der Waals surface area contributed by atoms with Crippen molar-refractivity contribution in [2.75, 3.05) is 46.6 Å². The number of furan rings is 1. The van der Waals surface area contributed by atoms with Gasteiger partial charge in [-0.3, -0.25) is 4.99 Å². The summed E-state index contributed by atoms with van der Waals surface area (Å²) in [5.74, 6) is 1.81. The van der Waals surface area contributed by atoms with Crippen LogP contribution in [0.2, 0.25) is 0 Å². The second-order valence-electron chi connectivity index (χ2n) is 4.48. The zero-order valence-electron chi connectivity index (χ0n) is 13.5. The van der Waals surface area contributed by atoms with E-state index < -0.39 is 0 Å². The lowest BCUT2D eigenvalue weighted by Gasteiger charge is -2.10. The predicted molar refractivity (Wildman–Crippen MR) is 99.1 cm³/mol. The Labute approximate surface area is 150 Å². The van der Waals surface area contributed by atoms with Crippen LogP contribution in [-0.2, 0) is 15.9 Å². The van der Waals surface area contributed by atoms with Gasteiger partial charge >= 0.3 is 0 Å². The summed E-state index contributed by atoms with van der Waals surface area (Å²) in [6, 6.07) is 3.88. The number of aliphatic imine (C=N–C) groups is 1. The van der Waals surface area contributed by atoms with E-state index in [9.17, 15) is 0 Å². The average molecular weight is 425 g/mol. The number of rotatable bonds is 11. The molecule has 0 aliphatic rings. The Morgan fingerprint density at radius 2 is 2.14 bits per heavy atom. The number of nitrogens with zero attached hydrogens (tertiary/aromatic N) is 1. The fourth-order valence-electron chi connectivity index (χ4n) is 1.70. The number of guanidine groups is 1. The van der Waals surface area contributed by atoms with Crippen LogP contribution in [0.3, 0.4) is 0 Å². The van der Waals surface area contributed by atoms with Gasteiger partial charge in [0.25, 0.3) is 0 Å². The largest absolute Gasteiger partial charge is 0.469 e. The standard InChI is InChI=1S/C15H27N3O3.HI/c1-3-16-15(17-8-5-10-20-13-12-19-2)18-9-7-14-6-4-11-21-14;/h4,6,11H,3,5,7-10,12-13H2,1-2H3,(H2,16,17,18);1H. The van der Waals surface area contributed by atoms with Gasteiger partial charge < -0.3 is 24.5 Å². The van der Waals surface area contributed by atoms with Crippen molar-refractivity contribution < 1.29 is 13.9 Å². The van der Waals surface area contributed by atoms with Crippen molar-refractivity contribution in [1.29, 1.82) is 0 Å². The van der Waals surface area contributed by atoms with Gasteiger partial charge in [0.15, 0.2) is 5.96 Å². The number of halogens is 1. The van der Waals surface area contributed by atoms with Crippen LogP contribution in [0.1, 0.15) is 19.1 Å². The van der Waals surface area contributed by atoms with Crippen molar-refractivity contribution in [2.24, 2.45) is 4.99 Å². The Hall–Kier alpha value is -0.800. The van der Waals surface area contributed by atoms with E-state index in [0.29, 0.717) is 19.8 Å². The van der Waals surface area contributed by atoms with Crippen LogP contribution in [0, 0.1) is 0 Å². The highest BCUT2D eigenvalue weighted by Crippen LogP contribution is 1.99. The third-order valence-electron chi connectivity index (χ3n) is 2.74. The Morgan fingerprint density at radius 3 is 2.82 bits per heavy atom. The van der Waals surface area contributed by atoms with E-state index in [0.717, 1.165) is 44.2 Å². The van der Waals surface area contributed by atoms with Gasteiger partial charge in [0.2, 0.25) is 0 Å². The minimum absolute atomic E-state index is 0. The molecule has 0 atom stereocenters. The summed E-state index contributed by atoms with van der Waals surface area (Å²) in [6.45, 7) is 6.42. The van der Waals surface area contributed by atoms with E-state index in [1.54, 1.807) is 13.4 Å². The maximum Gasteiger partial charge on any atom is 0.191 e. The molecule has 1 aromatic heterocycles. The molecule has 0 aliphatic carbocycles. The molecular formula is C15H28IN3O3. The smallest absolute Gasteiger partial charge is 0.191 e. The van der Waals surface area contributed by atoms with E-state index in [1.807, 2.05) is 12.1 Å². The Balaban J connectivity index is 0.00000441. The molecule has 0 unspecified atom stereocenters. The summed E-state index contributed by atoms with van der Waals surface area (Å²) >= 11 is 0. The number of hydrogen-bond donors (Lipinski definition) is 2. The highest BCUT2D eigenvalue weighted by Gasteiger charge is 1.99. The molecule has 0 saturated heterocycles. The molecule has 1 heterocycles. The summed E-state index contributed by atoms with van der Waals surface area (Å²) in [5, 5.41) is 6.51. The van der Waals surface area contributed by atoms with Gasteiger partial charge in [-0.15, -0.1) is 24.0 Å². The summed E-state index contributed by atoms with van der Waals surface area (Å²) in [5.41, 5.74) is 0. The first-order valence-corrected chi connectivity index (χ1v) is 7.48. The lowest BCUT2D eigenvalue weighted by molar-refractivity contribution is 0.0702. The second-order valence-corrected chi connectivity index (χ2v) is 4.48. The lowest BCUT2D eigenvalue weighted by atomic mass is 10.3. The molecule has 0 amide bonds. The molecular weight excluding hydrogens is 397 g/mol. The predicted octanol–water partition coefficient (Wildman–Crippen LogP) is 2.05. The van der Waals surface area contributed by atoms with Gasteiger partial charge in [-0.1, -0.05) is 0 Å². The number of methoxy groups -OCH3 is 1. The van der Waals surface area contributed by atoms with Crippen LogP contribution < -0.4 is 10.6 Å². The third kappa shape index (κ3) is 10.9. The van der Waals surface area contributed by atoms with Crippen molar-refractivity contribution in [3.8, 4) is 0 Å². The van der Waals surface area contributed by atoms with Crippen LogP contribution in [0.15, 0.2) is 27.8 Å². The summed E-state index contributed by atoms with van der Waals surface area (Å²) in [7, 11) is 1.67. The van der Waals surface area contributed by atoms with Gasteiger partial charge in [-0.25, -0.2) is 0 Å². The fourth-order valence-corrected chi connectivity index (χ4v) is 1.70. The molecule has 2 N–H and O–H groups in total. The SMILES string of the molecule is CCNC(=NCCCOCCOC)NCCc1ccco1.I. The van der Waals surface area contributed by atoms with Gasteiger partial charge in [0.1, 0.15) is 5.76 Å². The van der Waals surface area contributed by atoms with Crippen molar-refractivity contribution in [1.82, 2.24) is 10.6 Å². The third-order valence-corrected chi connectivity index (χ3v) is 2.74. The zero-order valence-corrected chi connectivity index (χ0v) is 15.8. The van der Waals surface area contributed by atoms with E-state index in [4.69, 9.17) is 13.9 Å². The molecule has 0 radical (unpaired) electrons. The van der Waals surface area contributed by atoms with Crippen molar-refractivity contribution in [2.45, 2.75) is 19.8 Å². The average Bonchev–Trinajstić information content (AvgIpc) is 2.99. The van der Waals surface area contributed by atoms with Gasteiger partial charge in [0.05, 0.1) is 19.5 Å². The van der Waals surface area contributed by atoms with E-state index in [-0.39, 0.29) is 24.0 Å². The Bertz CT molecular complexity index is 372. The van der Waals surface area contributed by atoms with Crippen LogP contribution in [-0.4, -0.2) is 52.5 Å². The molecule has 128 valence electrons. The Morgan fingerprint density at radius 1 is 1.27 bits per heavy atom. The topological polar surface area (TPSA) is 68.0 Å². The van der Waals surface area contributed by atoms with Crippen LogP contribution in [0.5, 0.6) is 0 Å². The minimum atomic E-state index is 0. The molecule has 0 bridgehead atoms. The molecule has 1 rings (SSSR count). The normalized spacial score (nSPS) is 11.1. The Kier molecular flexibility index (Phi) is 14.6. The number of hydrogen-bond acceptors (Lipinski definition) is 4. The van der Waals surface area contributed by atoms with Crippen LogP contribution in [0.4, 0.5) is 0 Å². The van der Waals surface area contributed by atoms with E-state index in [1.165, 1.54) is 0 Å². The van der Waals surface area contributed by atoms with Gasteiger partial charge in [-0.2, -0.15) is 0 Å². The molecule has 0 saturated carbocycles. The molecule has 22 heavy (non-hydrogen) atoms. The molecule has 6 nitrogen and oxygen atoms in total. The summed E-state index contributed by atoms with van der Waals surface area (Å²) in [6.07, 6.45) is 3.44. The first kappa shape index (κ1) is 21.2. The first-order valence-electron chi connectivity index (χ1n) is 7.48. The van der Waals surface area contributed by atoms with Gasteiger partial charge in [-0.05, 0) is 25.5 Å². The molecule has 0 fully saturated rings. The number of ether oxygens (including phenoxy) is 2. The lowest BCUT2D eigenvalue weighted by Crippen LogP contribution is -2.38. The van der Waals surface area contributed by atoms with E-state index in [2.05, 4.69) is 22.5 Å². The zero-order chi connectivity index (χ0) is 15.2. The molecule has 7 heteroatoms. The second kappa shape index (κ2) is 15.1. The summed E-state index contributed by atoms with van der Waals surface area (Å²) in [4.78, 5) is 4.50. The molecule has 0 spiro atoms. The van der Waals surface area contributed by atoms with Crippen molar-refractivity contribution in [3.05, 3.63) is 24.2 Å². The first-order chi connectivity index (χ1) is 10.4. The quantitative estimate of drug-likeness (QED) is 0.246.